The molecule has 146 valence electrons. The molecule has 5 rings (SSSR count). The zero-order valence-corrected chi connectivity index (χ0v) is 16.7. The van der Waals surface area contributed by atoms with Crippen molar-refractivity contribution in [1.82, 2.24) is 0 Å². The van der Waals surface area contributed by atoms with Gasteiger partial charge < -0.3 is 8.83 Å². The normalized spacial score (nSPS) is 11.3. The molecule has 5 aromatic rings. The summed E-state index contributed by atoms with van der Waals surface area (Å²) in [6.07, 6.45) is 1.41. The van der Waals surface area contributed by atoms with E-state index in [-0.39, 0.29) is 17.0 Å². The highest BCUT2D eigenvalue weighted by atomic mass is 35.5. The molecule has 0 aliphatic carbocycles. The Hall–Kier alpha value is -3.63. The molecule has 0 aliphatic heterocycles. The van der Waals surface area contributed by atoms with Crippen LogP contribution in [-0.4, -0.2) is 5.78 Å². The molecule has 5 heteroatoms. The molecule has 0 N–H and O–H groups in total. The van der Waals surface area contributed by atoms with E-state index >= 15 is 0 Å². The molecule has 0 radical (unpaired) electrons. The number of benzene rings is 3. The molecule has 30 heavy (non-hydrogen) atoms. The van der Waals surface area contributed by atoms with Crippen LogP contribution in [0.25, 0.3) is 33.1 Å². The van der Waals surface area contributed by atoms with E-state index in [1.54, 1.807) is 54.6 Å². The second-order valence-corrected chi connectivity index (χ2v) is 7.46. The van der Waals surface area contributed by atoms with Crippen LogP contribution in [0.3, 0.4) is 0 Å². The molecule has 0 bridgehead atoms. The summed E-state index contributed by atoms with van der Waals surface area (Å²) in [5.41, 5.74) is 2.90. The van der Waals surface area contributed by atoms with Crippen molar-refractivity contribution < 1.29 is 13.6 Å². The van der Waals surface area contributed by atoms with Crippen LogP contribution >= 0.6 is 11.6 Å². The van der Waals surface area contributed by atoms with Crippen molar-refractivity contribution in [2.24, 2.45) is 0 Å². The van der Waals surface area contributed by atoms with Crippen molar-refractivity contribution in [3.63, 3.8) is 0 Å². The van der Waals surface area contributed by atoms with Crippen molar-refractivity contribution in [3.8, 4) is 11.1 Å². The lowest BCUT2D eigenvalue weighted by Gasteiger charge is -2.04. The summed E-state index contributed by atoms with van der Waals surface area (Å²) in [4.78, 5) is 26.1. The number of ketones is 1. The van der Waals surface area contributed by atoms with Crippen molar-refractivity contribution in [1.29, 1.82) is 0 Å². The molecule has 3 aromatic carbocycles. The number of carbonyl (C=O) groups is 1. The van der Waals surface area contributed by atoms with E-state index in [9.17, 15) is 9.59 Å². The average molecular weight is 415 g/mol. The van der Waals surface area contributed by atoms with Gasteiger partial charge in [-0.3, -0.25) is 9.59 Å². The molecule has 0 spiro atoms. The van der Waals surface area contributed by atoms with Crippen LogP contribution in [0.5, 0.6) is 0 Å². The van der Waals surface area contributed by atoms with E-state index in [1.165, 1.54) is 6.26 Å². The standard InChI is InChI=1S/C25H15ClO4/c1-14-17-11-18-21(29-13-19(24(18)28)16-9-5-6-10-20(16)26)12-22(17)30-25(14)23(27)15-7-3-2-4-8-15/h2-13H,1H3. The minimum Gasteiger partial charge on any atom is -0.463 e. The molecule has 0 amide bonds. The molecule has 4 nitrogen and oxygen atoms in total. The van der Waals surface area contributed by atoms with Gasteiger partial charge in [-0.1, -0.05) is 60.1 Å². The topological polar surface area (TPSA) is 60.4 Å². The largest absolute Gasteiger partial charge is 0.463 e. The molecule has 0 saturated heterocycles. The van der Waals surface area contributed by atoms with Gasteiger partial charge >= 0.3 is 0 Å². The highest BCUT2D eigenvalue weighted by Gasteiger charge is 2.21. The van der Waals surface area contributed by atoms with Crippen molar-refractivity contribution in [2.45, 2.75) is 6.92 Å². The Morgan fingerprint density at radius 1 is 0.867 bits per heavy atom. The zero-order valence-electron chi connectivity index (χ0n) is 15.9. The van der Waals surface area contributed by atoms with Crippen LogP contribution in [0.1, 0.15) is 21.7 Å². The van der Waals surface area contributed by atoms with Gasteiger partial charge in [0.15, 0.2) is 5.76 Å². The Bertz CT molecular complexity index is 1490. The number of hydrogen-bond donors (Lipinski definition) is 0. The molecule has 0 atom stereocenters. The first-order valence-electron chi connectivity index (χ1n) is 9.38. The minimum absolute atomic E-state index is 0.192. The summed E-state index contributed by atoms with van der Waals surface area (Å²) in [6, 6.07) is 19.4. The van der Waals surface area contributed by atoms with Crippen molar-refractivity contribution >= 4 is 39.3 Å². The first-order chi connectivity index (χ1) is 14.5. The Morgan fingerprint density at radius 3 is 2.37 bits per heavy atom. The maximum absolute atomic E-state index is 13.2. The molecular weight excluding hydrogens is 400 g/mol. The third-order valence-corrected chi connectivity index (χ3v) is 5.57. The SMILES string of the molecule is Cc1c(C(=O)c2ccccc2)oc2cc3occ(-c4ccccc4Cl)c(=O)c3cc12. The quantitative estimate of drug-likeness (QED) is 0.320. The summed E-state index contributed by atoms with van der Waals surface area (Å²) < 4.78 is 11.6. The van der Waals surface area contributed by atoms with Gasteiger partial charge in [0.2, 0.25) is 11.2 Å². The van der Waals surface area contributed by atoms with Crippen molar-refractivity contribution in [2.75, 3.05) is 0 Å². The van der Waals surface area contributed by atoms with Gasteiger partial charge in [0.05, 0.1) is 10.9 Å². The fourth-order valence-electron chi connectivity index (χ4n) is 3.65. The molecule has 0 saturated carbocycles. The Labute approximate surface area is 176 Å². The smallest absolute Gasteiger partial charge is 0.228 e. The van der Waals surface area contributed by atoms with Crippen LogP contribution in [-0.2, 0) is 0 Å². The molecule has 2 aromatic heterocycles. The highest BCUT2D eigenvalue weighted by Crippen LogP contribution is 2.32. The van der Waals surface area contributed by atoms with Crippen LogP contribution < -0.4 is 5.43 Å². The van der Waals surface area contributed by atoms with Gasteiger partial charge in [-0.15, -0.1) is 0 Å². The summed E-state index contributed by atoms with van der Waals surface area (Å²) >= 11 is 6.27. The number of aryl methyl sites for hydroxylation is 1. The molecular formula is C25H15ClO4. The van der Waals surface area contributed by atoms with Gasteiger partial charge in [0.1, 0.15) is 17.4 Å². The first-order valence-corrected chi connectivity index (χ1v) is 9.75. The lowest BCUT2D eigenvalue weighted by molar-refractivity contribution is 0.101. The van der Waals surface area contributed by atoms with Crippen molar-refractivity contribution in [3.05, 3.63) is 105 Å². The van der Waals surface area contributed by atoms with E-state index < -0.39 is 0 Å². The lowest BCUT2D eigenvalue weighted by atomic mass is 10.0. The summed E-state index contributed by atoms with van der Waals surface area (Å²) in [6.45, 7) is 1.81. The van der Waals surface area contributed by atoms with Crippen LogP contribution in [0, 0.1) is 6.92 Å². The van der Waals surface area contributed by atoms with E-state index in [2.05, 4.69) is 0 Å². The van der Waals surface area contributed by atoms with Gasteiger partial charge in [0, 0.05) is 33.2 Å². The second kappa shape index (κ2) is 7.01. The van der Waals surface area contributed by atoms with E-state index in [0.29, 0.717) is 49.2 Å². The lowest BCUT2D eigenvalue weighted by Crippen LogP contribution is -2.05. The highest BCUT2D eigenvalue weighted by molar-refractivity contribution is 6.33. The number of hydrogen-bond acceptors (Lipinski definition) is 4. The van der Waals surface area contributed by atoms with E-state index in [1.807, 2.05) is 19.1 Å². The second-order valence-electron chi connectivity index (χ2n) is 7.05. The fraction of sp³-hybridized carbons (Fsp3) is 0.0400. The monoisotopic (exact) mass is 414 g/mol. The number of rotatable bonds is 3. The van der Waals surface area contributed by atoms with Gasteiger partial charge in [-0.25, -0.2) is 0 Å². The minimum atomic E-state index is -0.204. The Balaban J connectivity index is 1.72. The average Bonchev–Trinajstić information content (AvgIpc) is 3.09. The number of halogens is 1. The Morgan fingerprint density at radius 2 is 1.60 bits per heavy atom. The maximum atomic E-state index is 13.2. The predicted octanol–water partition coefficient (Wildman–Crippen LogP) is 6.40. The number of furan rings is 1. The number of carbonyl (C=O) groups excluding carboxylic acids is 1. The number of fused-ring (bicyclic) bond motifs is 2. The van der Waals surface area contributed by atoms with Gasteiger partial charge in [0.25, 0.3) is 0 Å². The molecule has 0 fully saturated rings. The molecule has 0 aliphatic rings. The molecule has 0 unspecified atom stereocenters. The van der Waals surface area contributed by atoms with Gasteiger partial charge in [-0.2, -0.15) is 0 Å². The zero-order chi connectivity index (χ0) is 20.8. The fourth-order valence-corrected chi connectivity index (χ4v) is 3.88. The van der Waals surface area contributed by atoms with E-state index in [0.717, 1.165) is 0 Å². The van der Waals surface area contributed by atoms with Crippen LogP contribution in [0.15, 0.2) is 86.6 Å². The van der Waals surface area contributed by atoms with Gasteiger partial charge in [-0.05, 0) is 19.1 Å². The Kier molecular flexibility index (Phi) is 4.30. The maximum Gasteiger partial charge on any atom is 0.228 e. The molecule has 2 heterocycles. The van der Waals surface area contributed by atoms with Crippen LogP contribution in [0.2, 0.25) is 5.02 Å². The third kappa shape index (κ3) is 2.85. The van der Waals surface area contributed by atoms with E-state index in [4.69, 9.17) is 20.4 Å². The predicted molar refractivity (Wildman–Crippen MR) is 117 cm³/mol. The summed E-state index contributed by atoms with van der Waals surface area (Å²) in [5, 5.41) is 1.58. The summed E-state index contributed by atoms with van der Waals surface area (Å²) in [7, 11) is 0. The first kappa shape index (κ1) is 18.4. The summed E-state index contributed by atoms with van der Waals surface area (Å²) in [5.74, 6) is 0.0506. The third-order valence-electron chi connectivity index (χ3n) is 5.24. The van der Waals surface area contributed by atoms with Crippen LogP contribution in [0.4, 0.5) is 0 Å².